The van der Waals surface area contributed by atoms with E-state index in [2.05, 4.69) is 15.1 Å². The van der Waals surface area contributed by atoms with Crippen molar-refractivity contribution in [3.63, 3.8) is 0 Å². The minimum absolute atomic E-state index is 0.00982. The molecule has 0 saturated carbocycles. The number of hydrogen-bond donors (Lipinski definition) is 0. The van der Waals surface area contributed by atoms with Gasteiger partial charge < -0.3 is 0 Å². The van der Waals surface area contributed by atoms with E-state index >= 15 is 0 Å². The summed E-state index contributed by atoms with van der Waals surface area (Å²) in [5.41, 5.74) is 1.80. The molecular weight excluding hydrogens is 414 g/mol. The fourth-order valence-corrected chi connectivity index (χ4v) is 5.52. The first-order valence-electron chi connectivity index (χ1n) is 9.85. The Labute approximate surface area is 178 Å². The van der Waals surface area contributed by atoms with E-state index in [-0.39, 0.29) is 16.4 Å². The smallest absolute Gasteiger partial charge is 0.266 e. The number of benzene rings is 1. The molecule has 1 aliphatic rings. The maximum atomic E-state index is 13.1. The summed E-state index contributed by atoms with van der Waals surface area (Å²) in [7, 11) is -3.66. The lowest BCUT2D eigenvalue weighted by Gasteiger charge is -2.38. The average Bonchev–Trinajstić information content (AvgIpc) is 2.77. The van der Waals surface area contributed by atoms with Crippen molar-refractivity contribution in [2.24, 2.45) is 5.92 Å². The van der Waals surface area contributed by atoms with Crippen LogP contribution in [0.2, 0.25) is 0 Å². The van der Waals surface area contributed by atoms with Crippen LogP contribution in [0.4, 0.5) is 0 Å². The Balaban J connectivity index is 1.34. The number of pyridine rings is 2. The molecule has 0 bridgehead atoms. The summed E-state index contributed by atoms with van der Waals surface area (Å²) >= 11 is 0. The van der Waals surface area contributed by atoms with Gasteiger partial charge in [-0.05, 0) is 30.3 Å². The molecule has 1 aliphatic heterocycles. The highest BCUT2D eigenvalue weighted by molar-refractivity contribution is 7.89. The molecule has 8 nitrogen and oxygen atoms in total. The number of nitrogens with zero attached hydrogens (tertiary/aromatic N) is 5. The molecule has 4 heterocycles. The number of aromatic nitrogens is 4. The van der Waals surface area contributed by atoms with Crippen molar-refractivity contribution in [2.75, 3.05) is 13.1 Å². The second kappa shape index (κ2) is 7.68. The minimum Gasteiger partial charge on any atom is -0.268 e. The van der Waals surface area contributed by atoms with Crippen molar-refractivity contribution in [1.82, 2.24) is 24.1 Å². The molecule has 1 saturated heterocycles. The van der Waals surface area contributed by atoms with Crippen molar-refractivity contribution >= 4 is 20.9 Å². The van der Waals surface area contributed by atoms with E-state index in [1.54, 1.807) is 42.9 Å². The maximum Gasteiger partial charge on any atom is 0.266 e. The summed E-state index contributed by atoms with van der Waals surface area (Å²) in [4.78, 5) is 20.7. The first kappa shape index (κ1) is 19.5. The van der Waals surface area contributed by atoms with Gasteiger partial charge in [-0.2, -0.15) is 9.40 Å². The summed E-state index contributed by atoms with van der Waals surface area (Å²) in [6.07, 6.45) is 4.93. The predicted molar refractivity (Wildman–Crippen MR) is 116 cm³/mol. The number of para-hydroxylation sites is 1. The Morgan fingerprint density at radius 2 is 1.71 bits per heavy atom. The summed E-state index contributed by atoms with van der Waals surface area (Å²) in [6.45, 7) is 1.02. The molecule has 31 heavy (non-hydrogen) atoms. The molecule has 0 unspecified atom stereocenters. The summed E-state index contributed by atoms with van der Waals surface area (Å²) in [5, 5.41) is 5.23. The molecule has 0 radical (unpaired) electrons. The van der Waals surface area contributed by atoms with Crippen LogP contribution in [-0.2, 0) is 16.6 Å². The van der Waals surface area contributed by atoms with Gasteiger partial charge in [0, 0.05) is 54.6 Å². The van der Waals surface area contributed by atoms with Gasteiger partial charge in [0.25, 0.3) is 5.56 Å². The van der Waals surface area contributed by atoms with Gasteiger partial charge in [0.05, 0.1) is 17.8 Å². The van der Waals surface area contributed by atoms with E-state index in [9.17, 15) is 13.2 Å². The lowest BCUT2D eigenvalue weighted by Crippen LogP contribution is -2.52. The Hall–Kier alpha value is -3.43. The molecule has 0 aliphatic carbocycles. The Bertz CT molecular complexity index is 1410. The van der Waals surface area contributed by atoms with Crippen molar-refractivity contribution in [1.29, 1.82) is 0 Å². The van der Waals surface area contributed by atoms with E-state index in [0.29, 0.717) is 30.8 Å². The standard InChI is InChI=1S/C22H19N5O3S/c28-21-7-6-19(17-8-11-23-12-9-17)25-27(21)15-16-13-26(14-16)31(29,30)20-5-1-3-18-4-2-10-24-22(18)20/h1-12,16H,13-15H2. The van der Waals surface area contributed by atoms with E-state index in [4.69, 9.17) is 0 Å². The van der Waals surface area contributed by atoms with Crippen LogP contribution in [0.15, 0.2) is 82.9 Å². The van der Waals surface area contributed by atoms with Gasteiger partial charge in [-0.3, -0.25) is 14.8 Å². The van der Waals surface area contributed by atoms with Gasteiger partial charge >= 0.3 is 0 Å². The lowest BCUT2D eigenvalue weighted by molar-refractivity contribution is 0.173. The third-order valence-electron chi connectivity index (χ3n) is 5.41. The van der Waals surface area contributed by atoms with Crippen LogP contribution in [0.1, 0.15) is 0 Å². The SMILES string of the molecule is O=c1ccc(-c2ccncc2)nn1CC1CN(S(=O)(=O)c2cccc3cccnc23)C1. The monoisotopic (exact) mass is 433 g/mol. The van der Waals surface area contributed by atoms with E-state index in [1.807, 2.05) is 24.3 Å². The molecule has 5 rings (SSSR count). The molecule has 1 aromatic carbocycles. The maximum absolute atomic E-state index is 13.1. The highest BCUT2D eigenvalue weighted by Crippen LogP contribution is 2.29. The largest absolute Gasteiger partial charge is 0.268 e. The lowest BCUT2D eigenvalue weighted by atomic mass is 10.0. The Morgan fingerprint density at radius 1 is 0.935 bits per heavy atom. The minimum atomic E-state index is -3.66. The molecule has 0 amide bonds. The third-order valence-corrected chi connectivity index (χ3v) is 7.27. The molecule has 9 heteroatoms. The van der Waals surface area contributed by atoms with E-state index < -0.39 is 10.0 Å². The fraction of sp³-hybridized carbons (Fsp3) is 0.182. The van der Waals surface area contributed by atoms with Crippen LogP contribution in [0, 0.1) is 5.92 Å². The molecule has 1 fully saturated rings. The quantitative estimate of drug-likeness (QED) is 0.478. The predicted octanol–water partition coefficient (Wildman–Crippen LogP) is 2.17. The molecule has 0 spiro atoms. The normalized spacial score (nSPS) is 15.1. The molecule has 156 valence electrons. The van der Waals surface area contributed by atoms with Crippen LogP contribution in [-0.4, -0.2) is 45.6 Å². The fourth-order valence-electron chi connectivity index (χ4n) is 3.76. The number of fused-ring (bicyclic) bond motifs is 1. The van der Waals surface area contributed by atoms with E-state index in [0.717, 1.165) is 10.9 Å². The molecule has 0 atom stereocenters. The van der Waals surface area contributed by atoms with Crippen LogP contribution >= 0.6 is 0 Å². The van der Waals surface area contributed by atoms with Crippen molar-refractivity contribution in [2.45, 2.75) is 11.4 Å². The number of hydrogen-bond acceptors (Lipinski definition) is 6. The van der Waals surface area contributed by atoms with Crippen LogP contribution < -0.4 is 5.56 Å². The van der Waals surface area contributed by atoms with Gasteiger partial charge in [0.15, 0.2) is 0 Å². The number of sulfonamides is 1. The number of rotatable bonds is 5. The zero-order chi connectivity index (χ0) is 21.4. The van der Waals surface area contributed by atoms with Crippen molar-refractivity contribution in [3.8, 4) is 11.3 Å². The van der Waals surface area contributed by atoms with Crippen LogP contribution in [0.5, 0.6) is 0 Å². The summed E-state index contributed by atoms with van der Waals surface area (Å²) < 4.78 is 29.1. The average molecular weight is 433 g/mol. The molecular formula is C22H19N5O3S. The third kappa shape index (κ3) is 3.62. The van der Waals surface area contributed by atoms with Crippen molar-refractivity contribution < 1.29 is 8.42 Å². The second-order valence-corrected chi connectivity index (χ2v) is 9.40. The Kier molecular flexibility index (Phi) is 4.84. The highest BCUT2D eigenvalue weighted by Gasteiger charge is 2.38. The summed E-state index contributed by atoms with van der Waals surface area (Å²) in [5.74, 6) is 0.00982. The topological polar surface area (TPSA) is 98.0 Å². The van der Waals surface area contributed by atoms with E-state index in [1.165, 1.54) is 15.1 Å². The second-order valence-electron chi connectivity index (χ2n) is 7.49. The summed E-state index contributed by atoms with van der Waals surface area (Å²) in [6, 6.07) is 15.6. The van der Waals surface area contributed by atoms with Gasteiger partial charge in [0.2, 0.25) is 10.0 Å². The van der Waals surface area contributed by atoms with Crippen LogP contribution in [0.3, 0.4) is 0 Å². The first-order valence-corrected chi connectivity index (χ1v) is 11.3. The van der Waals surface area contributed by atoms with Gasteiger partial charge in [-0.25, -0.2) is 13.1 Å². The highest BCUT2D eigenvalue weighted by atomic mass is 32.2. The van der Waals surface area contributed by atoms with Crippen molar-refractivity contribution in [3.05, 3.63) is 83.5 Å². The van der Waals surface area contributed by atoms with Gasteiger partial charge in [-0.15, -0.1) is 0 Å². The zero-order valence-corrected chi connectivity index (χ0v) is 17.3. The van der Waals surface area contributed by atoms with Gasteiger partial charge in [0.1, 0.15) is 4.90 Å². The molecule has 0 N–H and O–H groups in total. The first-order chi connectivity index (χ1) is 15.0. The van der Waals surface area contributed by atoms with Gasteiger partial charge in [-0.1, -0.05) is 18.2 Å². The zero-order valence-electron chi connectivity index (χ0n) is 16.5. The molecule has 3 aromatic heterocycles. The molecule has 4 aromatic rings. The van der Waals surface area contributed by atoms with Crippen LogP contribution in [0.25, 0.3) is 22.2 Å². The Morgan fingerprint density at radius 3 is 2.52 bits per heavy atom.